The zero-order valence-corrected chi connectivity index (χ0v) is 14.9. The molecule has 1 aromatic carbocycles. The molecular weight excluding hydrogens is 334 g/mol. The maximum Gasteiger partial charge on any atom is 0.312 e. The van der Waals surface area contributed by atoms with E-state index >= 15 is 0 Å². The predicted octanol–water partition coefficient (Wildman–Crippen LogP) is 0.382. The Hall–Kier alpha value is -2.41. The number of fused-ring (bicyclic) bond motifs is 2. The van der Waals surface area contributed by atoms with Crippen LogP contribution in [0.4, 0.5) is 5.69 Å². The highest BCUT2D eigenvalue weighted by atomic mass is 16.5. The van der Waals surface area contributed by atoms with Gasteiger partial charge < -0.3 is 19.4 Å². The van der Waals surface area contributed by atoms with Crippen LogP contribution < -0.4 is 4.90 Å². The van der Waals surface area contributed by atoms with Crippen molar-refractivity contribution in [1.29, 1.82) is 0 Å². The van der Waals surface area contributed by atoms with E-state index in [4.69, 9.17) is 4.74 Å². The molecule has 0 aliphatic carbocycles. The molecule has 26 heavy (non-hydrogen) atoms. The molecule has 4 rings (SSSR count). The molecule has 7 nitrogen and oxygen atoms in total. The zero-order chi connectivity index (χ0) is 18.3. The Bertz CT molecular complexity index is 759. The maximum absolute atomic E-state index is 13.1. The molecular formula is C19H23N3O4. The summed E-state index contributed by atoms with van der Waals surface area (Å²) in [5.41, 5.74) is 1.12. The van der Waals surface area contributed by atoms with Crippen LogP contribution in [0.5, 0.6) is 0 Å². The Labute approximate surface area is 152 Å². The summed E-state index contributed by atoms with van der Waals surface area (Å²) in [7, 11) is 1.77. The Kier molecular flexibility index (Phi) is 4.19. The quantitative estimate of drug-likeness (QED) is 0.630. The van der Waals surface area contributed by atoms with Crippen LogP contribution in [0.3, 0.4) is 0 Å². The molecule has 0 saturated carbocycles. The fourth-order valence-corrected chi connectivity index (χ4v) is 4.38. The number of benzene rings is 1. The minimum Gasteiger partial charge on any atom is -0.378 e. The first-order valence-electron chi connectivity index (χ1n) is 9.08. The number of amides is 3. The largest absolute Gasteiger partial charge is 0.378 e. The number of hydrogen-bond donors (Lipinski definition) is 0. The van der Waals surface area contributed by atoms with Crippen LogP contribution in [0, 0.1) is 0 Å². The van der Waals surface area contributed by atoms with Gasteiger partial charge in [0.2, 0.25) is 5.91 Å². The number of morpholine rings is 1. The molecule has 0 N–H and O–H groups in total. The number of hydrogen-bond acceptors (Lipinski definition) is 4. The molecule has 3 heterocycles. The van der Waals surface area contributed by atoms with Crippen molar-refractivity contribution in [1.82, 2.24) is 9.80 Å². The second-order valence-corrected chi connectivity index (χ2v) is 7.20. The normalized spacial score (nSPS) is 25.6. The van der Waals surface area contributed by atoms with Crippen molar-refractivity contribution in [2.75, 3.05) is 51.3 Å². The number of likely N-dealkylation sites (tertiary alicyclic amines) is 1. The van der Waals surface area contributed by atoms with E-state index in [9.17, 15) is 14.4 Å². The number of para-hydroxylation sites is 1. The van der Waals surface area contributed by atoms with E-state index in [-0.39, 0.29) is 12.5 Å². The van der Waals surface area contributed by atoms with E-state index in [1.807, 2.05) is 24.3 Å². The number of rotatable bonds is 0. The highest BCUT2D eigenvalue weighted by Gasteiger charge is 2.52. The van der Waals surface area contributed by atoms with Crippen LogP contribution in [0.25, 0.3) is 0 Å². The molecule has 138 valence electrons. The SMILES string of the molecule is CN1C(=O)C2(CCCN(C(=O)C(=O)N3CCOCC3)C2)c2ccccc21. The van der Waals surface area contributed by atoms with E-state index in [2.05, 4.69) is 0 Å². The molecule has 0 bridgehead atoms. The minimum atomic E-state index is -0.732. The molecule has 3 amide bonds. The van der Waals surface area contributed by atoms with Gasteiger partial charge in [0.15, 0.2) is 0 Å². The lowest BCUT2D eigenvalue weighted by molar-refractivity contribution is -0.155. The van der Waals surface area contributed by atoms with E-state index in [1.165, 1.54) is 0 Å². The first-order valence-corrected chi connectivity index (χ1v) is 9.08. The summed E-state index contributed by atoms with van der Waals surface area (Å²) < 4.78 is 5.25. The van der Waals surface area contributed by atoms with Crippen LogP contribution in [0.1, 0.15) is 18.4 Å². The van der Waals surface area contributed by atoms with Gasteiger partial charge in [-0.25, -0.2) is 0 Å². The van der Waals surface area contributed by atoms with Gasteiger partial charge in [-0.2, -0.15) is 0 Å². The summed E-state index contributed by atoms with van der Waals surface area (Å²) >= 11 is 0. The third-order valence-corrected chi connectivity index (χ3v) is 5.76. The number of carbonyl (C=O) groups excluding carboxylic acids is 3. The second kappa shape index (κ2) is 6.39. The lowest BCUT2D eigenvalue weighted by atomic mass is 9.75. The summed E-state index contributed by atoms with van der Waals surface area (Å²) in [5, 5.41) is 0. The van der Waals surface area contributed by atoms with Crippen molar-refractivity contribution >= 4 is 23.4 Å². The highest BCUT2D eigenvalue weighted by Crippen LogP contribution is 2.46. The fraction of sp³-hybridized carbons (Fsp3) is 0.526. The van der Waals surface area contributed by atoms with Crippen LogP contribution in [0.15, 0.2) is 24.3 Å². The topological polar surface area (TPSA) is 70.2 Å². The van der Waals surface area contributed by atoms with E-state index in [1.54, 1.807) is 21.7 Å². The van der Waals surface area contributed by atoms with Crippen LogP contribution in [0.2, 0.25) is 0 Å². The van der Waals surface area contributed by atoms with Gasteiger partial charge in [-0.15, -0.1) is 0 Å². The van der Waals surface area contributed by atoms with Crippen molar-refractivity contribution < 1.29 is 19.1 Å². The third kappa shape index (κ3) is 2.49. The van der Waals surface area contributed by atoms with E-state index in [0.29, 0.717) is 45.7 Å². The molecule has 2 fully saturated rings. The van der Waals surface area contributed by atoms with Crippen molar-refractivity contribution in [2.45, 2.75) is 18.3 Å². The predicted molar refractivity (Wildman–Crippen MR) is 94.7 cm³/mol. The van der Waals surface area contributed by atoms with Crippen LogP contribution in [-0.2, 0) is 24.5 Å². The van der Waals surface area contributed by atoms with Gasteiger partial charge >= 0.3 is 11.8 Å². The fourth-order valence-electron chi connectivity index (χ4n) is 4.38. The molecule has 2 saturated heterocycles. The van der Waals surface area contributed by atoms with Gasteiger partial charge in [-0.3, -0.25) is 14.4 Å². The Morgan fingerprint density at radius 2 is 1.73 bits per heavy atom. The summed E-state index contributed by atoms with van der Waals surface area (Å²) in [6.45, 7) is 2.57. The number of likely N-dealkylation sites (N-methyl/N-ethyl adjacent to an activating group) is 1. The Balaban J connectivity index is 1.59. The lowest BCUT2D eigenvalue weighted by Gasteiger charge is -2.40. The summed E-state index contributed by atoms with van der Waals surface area (Å²) in [6, 6.07) is 7.73. The zero-order valence-electron chi connectivity index (χ0n) is 14.9. The maximum atomic E-state index is 13.1. The van der Waals surface area contributed by atoms with Crippen LogP contribution in [-0.4, -0.2) is 74.0 Å². The average Bonchev–Trinajstić information content (AvgIpc) is 2.90. The average molecular weight is 357 g/mol. The van der Waals surface area contributed by atoms with Crippen LogP contribution >= 0.6 is 0 Å². The summed E-state index contributed by atoms with van der Waals surface area (Å²) in [5.74, 6) is -0.988. The molecule has 1 atom stereocenters. The summed E-state index contributed by atoms with van der Waals surface area (Å²) in [4.78, 5) is 43.2. The van der Waals surface area contributed by atoms with Gasteiger partial charge in [0.1, 0.15) is 0 Å². The molecule has 7 heteroatoms. The number of anilines is 1. The van der Waals surface area contributed by atoms with Gasteiger partial charge in [0.05, 0.1) is 18.6 Å². The number of carbonyl (C=O) groups is 3. The third-order valence-electron chi connectivity index (χ3n) is 5.76. The monoisotopic (exact) mass is 357 g/mol. The minimum absolute atomic E-state index is 0.00928. The first kappa shape index (κ1) is 17.0. The number of piperidine rings is 1. The molecule has 3 aliphatic heterocycles. The first-order chi connectivity index (χ1) is 12.5. The Morgan fingerprint density at radius 1 is 1.04 bits per heavy atom. The van der Waals surface area contributed by atoms with E-state index in [0.717, 1.165) is 11.3 Å². The smallest absolute Gasteiger partial charge is 0.312 e. The number of nitrogens with zero attached hydrogens (tertiary/aromatic N) is 3. The van der Waals surface area contributed by atoms with Crippen molar-refractivity contribution in [3.05, 3.63) is 29.8 Å². The van der Waals surface area contributed by atoms with Crippen molar-refractivity contribution in [2.24, 2.45) is 0 Å². The number of ether oxygens (including phenoxy) is 1. The van der Waals surface area contributed by atoms with Gasteiger partial charge in [-0.1, -0.05) is 18.2 Å². The standard InChI is InChI=1S/C19H23N3O4/c1-20-15-6-3-2-5-14(15)19(18(20)25)7-4-8-22(13-19)17(24)16(23)21-9-11-26-12-10-21/h2-3,5-6H,4,7-13H2,1H3. The summed E-state index contributed by atoms with van der Waals surface area (Å²) in [6.07, 6.45) is 1.40. The lowest BCUT2D eigenvalue weighted by Crippen LogP contribution is -2.56. The molecule has 0 aromatic heterocycles. The second-order valence-electron chi connectivity index (χ2n) is 7.20. The molecule has 1 unspecified atom stereocenters. The van der Waals surface area contributed by atoms with Gasteiger partial charge in [-0.05, 0) is 24.5 Å². The Morgan fingerprint density at radius 3 is 2.50 bits per heavy atom. The molecule has 3 aliphatic rings. The van der Waals surface area contributed by atoms with Crippen molar-refractivity contribution in [3.8, 4) is 0 Å². The van der Waals surface area contributed by atoms with Crippen molar-refractivity contribution in [3.63, 3.8) is 0 Å². The van der Waals surface area contributed by atoms with E-state index < -0.39 is 17.2 Å². The highest BCUT2D eigenvalue weighted by molar-refractivity contribution is 6.35. The molecule has 1 aromatic rings. The molecule has 1 spiro atoms. The van der Waals surface area contributed by atoms with Gasteiger partial charge in [0, 0.05) is 38.9 Å². The van der Waals surface area contributed by atoms with Gasteiger partial charge in [0.25, 0.3) is 0 Å². The molecule has 0 radical (unpaired) electrons.